The van der Waals surface area contributed by atoms with Crippen LogP contribution in [0.25, 0.3) is 0 Å². The van der Waals surface area contributed by atoms with E-state index in [9.17, 15) is 9.59 Å². The van der Waals surface area contributed by atoms with Gasteiger partial charge in [0.15, 0.2) is 5.78 Å². The van der Waals surface area contributed by atoms with Crippen LogP contribution in [-0.2, 0) is 0 Å². The highest BCUT2D eigenvalue weighted by atomic mass is 35.5. The first kappa shape index (κ1) is 20.5. The van der Waals surface area contributed by atoms with Gasteiger partial charge in [-0.05, 0) is 60.4 Å². The second-order valence-electron chi connectivity index (χ2n) is 5.91. The molecule has 0 aliphatic rings. The molecule has 3 nitrogen and oxygen atoms in total. The standard InChI is InChI=1S/C22H17Cl2NO2S/c1-2-28-16-10-7-14(8-11-16)22(27)25-20-12-9-15(23)13-18(20)21(26)17-5-3-4-6-19(17)24/h3-13H,2H2,1H3,(H,25,27). The second kappa shape index (κ2) is 9.28. The van der Waals surface area contributed by atoms with Gasteiger partial charge in [-0.15, -0.1) is 11.8 Å². The molecular weight excluding hydrogens is 413 g/mol. The normalized spacial score (nSPS) is 10.5. The number of carbonyl (C=O) groups is 2. The molecule has 142 valence electrons. The zero-order chi connectivity index (χ0) is 20.1. The van der Waals surface area contributed by atoms with E-state index >= 15 is 0 Å². The Morgan fingerprint density at radius 3 is 2.32 bits per heavy atom. The van der Waals surface area contributed by atoms with Crippen LogP contribution < -0.4 is 5.32 Å². The number of halogens is 2. The fourth-order valence-electron chi connectivity index (χ4n) is 2.67. The lowest BCUT2D eigenvalue weighted by Crippen LogP contribution is -2.15. The van der Waals surface area contributed by atoms with Gasteiger partial charge in [0.05, 0.1) is 10.7 Å². The number of benzene rings is 3. The molecule has 0 aliphatic heterocycles. The van der Waals surface area contributed by atoms with E-state index in [4.69, 9.17) is 23.2 Å². The van der Waals surface area contributed by atoms with Crippen molar-refractivity contribution < 1.29 is 9.59 Å². The number of hydrogen-bond acceptors (Lipinski definition) is 3. The number of ketones is 1. The maximum Gasteiger partial charge on any atom is 0.255 e. The molecular formula is C22H17Cl2NO2S. The summed E-state index contributed by atoms with van der Waals surface area (Å²) in [5.41, 5.74) is 1.52. The van der Waals surface area contributed by atoms with Gasteiger partial charge < -0.3 is 5.32 Å². The van der Waals surface area contributed by atoms with Gasteiger partial charge >= 0.3 is 0 Å². The Hall–Kier alpha value is -2.27. The molecule has 1 amide bonds. The quantitative estimate of drug-likeness (QED) is 0.355. The predicted molar refractivity (Wildman–Crippen MR) is 117 cm³/mol. The van der Waals surface area contributed by atoms with Crippen LogP contribution in [0.4, 0.5) is 5.69 Å². The molecule has 0 saturated carbocycles. The first-order valence-electron chi connectivity index (χ1n) is 8.62. The van der Waals surface area contributed by atoms with Crippen LogP contribution in [0.5, 0.6) is 0 Å². The zero-order valence-corrected chi connectivity index (χ0v) is 17.4. The van der Waals surface area contributed by atoms with Gasteiger partial charge in [-0.3, -0.25) is 9.59 Å². The molecule has 0 radical (unpaired) electrons. The summed E-state index contributed by atoms with van der Waals surface area (Å²) in [6.45, 7) is 2.07. The second-order valence-corrected chi connectivity index (χ2v) is 8.09. The molecule has 0 saturated heterocycles. The summed E-state index contributed by atoms with van der Waals surface area (Å²) >= 11 is 14.0. The maximum absolute atomic E-state index is 13.0. The van der Waals surface area contributed by atoms with Gasteiger partial charge in [0.1, 0.15) is 0 Å². The SMILES string of the molecule is CCSc1ccc(C(=O)Nc2ccc(Cl)cc2C(=O)c2ccccc2Cl)cc1. The van der Waals surface area contributed by atoms with Crippen molar-refractivity contribution in [3.05, 3.63) is 93.5 Å². The molecule has 0 heterocycles. The summed E-state index contributed by atoms with van der Waals surface area (Å²) < 4.78 is 0. The molecule has 0 bridgehead atoms. The van der Waals surface area contributed by atoms with Crippen LogP contribution in [0.15, 0.2) is 71.6 Å². The van der Waals surface area contributed by atoms with E-state index < -0.39 is 0 Å². The average Bonchev–Trinajstić information content (AvgIpc) is 2.70. The van der Waals surface area contributed by atoms with Crippen molar-refractivity contribution in [1.82, 2.24) is 0 Å². The van der Waals surface area contributed by atoms with Crippen molar-refractivity contribution >= 4 is 52.3 Å². The highest BCUT2D eigenvalue weighted by Gasteiger charge is 2.18. The molecule has 0 aromatic heterocycles. The molecule has 0 unspecified atom stereocenters. The smallest absolute Gasteiger partial charge is 0.255 e. The van der Waals surface area contributed by atoms with Crippen LogP contribution in [-0.4, -0.2) is 17.4 Å². The van der Waals surface area contributed by atoms with Crippen molar-refractivity contribution in [1.29, 1.82) is 0 Å². The van der Waals surface area contributed by atoms with Crippen LogP contribution in [0.1, 0.15) is 33.2 Å². The van der Waals surface area contributed by atoms with E-state index in [1.165, 1.54) is 6.07 Å². The van der Waals surface area contributed by atoms with Crippen LogP contribution in [0, 0.1) is 0 Å². The molecule has 3 aromatic carbocycles. The molecule has 6 heteroatoms. The molecule has 0 fully saturated rings. The Bertz CT molecular complexity index is 1020. The van der Waals surface area contributed by atoms with Gasteiger partial charge in [-0.1, -0.05) is 42.3 Å². The highest BCUT2D eigenvalue weighted by molar-refractivity contribution is 7.99. The molecule has 3 aromatic rings. The fraction of sp³-hybridized carbons (Fsp3) is 0.0909. The van der Waals surface area contributed by atoms with E-state index in [2.05, 4.69) is 12.2 Å². The van der Waals surface area contributed by atoms with Crippen LogP contribution >= 0.6 is 35.0 Å². The van der Waals surface area contributed by atoms with E-state index in [0.717, 1.165) is 10.6 Å². The minimum Gasteiger partial charge on any atom is -0.321 e. The molecule has 1 N–H and O–H groups in total. The third-order valence-corrected chi connectivity index (χ3v) is 5.48. The lowest BCUT2D eigenvalue weighted by atomic mass is 10.0. The Morgan fingerprint density at radius 1 is 0.929 bits per heavy atom. The van der Waals surface area contributed by atoms with Crippen LogP contribution in [0.3, 0.4) is 0 Å². The molecule has 0 atom stereocenters. The number of amides is 1. The van der Waals surface area contributed by atoms with Crippen molar-refractivity contribution in [2.24, 2.45) is 0 Å². The predicted octanol–water partition coefficient (Wildman–Crippen LogP) is 6.59. The average molecular weight is 430 g/mol. The molecule has 28 heavy (non-hydrogen) atoms. The minimum atomic E-state index is -0.307. The first-order chi connectivity index (χ1) is 13.5. The summed E-state index contributed by atoms with van der Waals surface area (Å²) in [6, 6.07) is 18.9. The summed E-state index contributed by atoms with van der Waals surface area (Å²) in [4.78, 5) is 26.7. The number of anilines is 1. The maximum atomic E-state index is 13.0. The van der Waals surface area contributed by atoms with Crippen molar-refractivity contribution in [3.8, 4) is 0 Å². The van der Waals surface area contributed by atoms with E-state index in [-0.39, 0.29) is 17.3 Å². The van der Waals surface area contributed by atoms with E-state index in [1.54, 1.807) is 60.3 Å². The third-order valence-electron chi connectivity index (χ3n) is 4.02. The lowest BCUT2D eigenvalue weighted by molar-refractivity contribution is 0.102. The minimum absolute atomic E-state index is 0.284. The molecule has 0 spiro atoms. The van der Waals surface area contributed by atoms with Gasteiger partial charge in [0, 0.05) is 26.6 Å². The summed E-state index contributed by atoms with van der Waals surface area (Å²) in [5, 5.41) is 3.55. The van der Waals surface area contributed by atoms with Crippen molar-refractivity contribution in [2.45, 2.75) is 11.8 Å². The Balaban J connectivity index is 1.89. The lowest BCUT2D eigenvalue weighted by Gasteiger charge is -2.12. The fourth-order valence-corrected chi connectivity index (χ4v) is 3.72. The number of rotatable bonds is 6. The van der Waals surface area contributed by atoms with Crippen molar-refractivity contribution in [3.63, 3.8) is 0 Å². The number of nitrogens with one attached hydrogen (secondary N) is 1. The third kappa shape index (κ3) is 4.76. The van der Waals surface area contributed by atoms with Crippen molar-refractivity contribution in [2.75, 3.05) is 11.1 Å². The van der Waals surface area contributed by atoms with Gasteiger partial charge in [0.2, 0.25) is 0 Å². The van der Waals surface area contributed by atoms with Gasteiger partial charge in [-0.25, -0.2) is 0 Å². The summed E-state index contributed by atoms with van der Waals surface area (Å²) in [7, 11) is 0. The zero-order valence-electron chi connectivity index (χ0n) is 15.0. The highest BCUT2D eigenvalue weighted by Crippen LogP contribution is 2.27. The summed E-state index contributed by atoms with van der Waals surface area (Å²) in [5.74, 6) is 0.353. The first-order valence-corrected chi connectivity index (χ1v) is 10.4. The monoisotopic (exact) mass is 429 g/mol. The Morgan fingerprint density at radius 2 is 1.64 bits per heavy atom. The number of carbonyl (C=O) groups excluding carboxylic acids is 2. The topological polar surface area (TPSA) is 46.2 Å². The largest absolute Gasteiger partial charge is 0.321 e. The molecule has 3 rings (SSSR count). The van der Waals surface area contributed by atoms with E-state index in [0.29, 0.717) is 26.9 Å². The van der Waals surface area contributed by atoms with Gasteiger partial charge in [0.25, 0.3) is 5.91 Å². The Kier molecular flexibility index (Phi) is 6.79. The Labute approximate surface area is 178 Å². The van der Waals surface area contributed by atoms with Gasteiger partial charge in [-0.2, -0.15) is 0 Å². The number of thioether (sulfide) groups is 1. The molecule has 0 aliphatic carbocycles. The van der Waals surface area contributed by atoms with E-state index in [1.807, 2.05) is 12.1 Å². The summed E-state index contributed by atoms with van der Waals surface area (Å²) in [6.07, 6.45) is 0. The van der Waals surface area contributed by atoms with Crippen LogP contribution in [0.2, 0.25) is 10.0 Å². The number of hydrogen-bond donors (Lipinski definition) is 1.